The third kappa shape index (κ3) is 2.67. The molecule has 2 N–H and O–H groups in total. The van der Waals surface area contributed by atoms with Gasteiger partial charge in [-0.2, -0.15) is 0 Å². The van der Waals surface area contributed by atoms with Crippen LogP contribution in [0.25, 0.3) is 0 Å². The van der Waals surface area contributed by atoms with Crippen LogP contribution in [-0.4, -0.2) is 16.4 Å². The maximum Gasteiger partial charge on any atom is 0.259 e. The zero-order chi connectivity index (χ0) is 14.8. The summed E-state index contributed by atoms with van der Waals surface area (Å²) in [5.74, 6) is -0.647. The number of aromatic nitrogens is 1. The quantitative estimate of drug-likeness (QED) is 0.828. The van der Waals surface area contributed by atoms with E-state index in [-0.39, 0.29) is 11.8 Å². The van der Waals surface area contributed by atoms with E-state index < -0.39 is 0 Å². The molecule has 0 fully saturated rings. The average molecular weight is 283 g/mol. The highest BCUT2D eigenvalue weighted by atomic mass is 16.2. The summed E-state index contributed by atoms with van der Waals surface area (Å²) in [5.41, 5.74) is 2.90. The van der Waals surface area contributed by atoms with Gasteiger partial charge in [0, 0.05) is 31.2 Å². The summed E-state index contributed by atoms with van der Waals surface area (Å²) in [5, 5.41) is 5.57. The van der Waals surface area contributed by atoms with Gasteiger partial charge in [-0.3, -0.25) is 14.9 Å². The Hall–Kier alpha value is -2.56. The summed E-state index contributed by atoms with van der Waals surface area (Å²) in [6, 6.07) is 7.30. The average Bonchev–Trinajstić information content (AvgIpc) is 3.03. The molecule has 0 spiro atoms. The van der Waals surface area contributed by atoms with E-state index in [9.17, 15) is 9.59 Å². The standard InChI is InChI=1S/C16H17N3O2/c1-2-6-19-7-5-11(10-19)9-17-12-3-4-13-14(8-12)16(21)18-15(13)20/h3-5,7-8,10,17H,2,6,9H2,1H3,(H,18,20,21). The number of amides is 2. The van der Waals surface area contributed by atoms with Crippen molar-refractivity contribution >= 4 is 17.5 Å². The summed E-state index contributed by atoms with van der Waals surface area (Å²) in [6.45, 7) is 3.85. The topological polar surface area (TPSA) is 63.1 Å². The maximum atomic E-state index is 11.6. The highest BCUT2D eigenvalue weighted by Crippen LogP contribution is 2.20. The minimum absolute atomic E-state index is 0.321. The SMILES string of the molecule is CCCn1ccc(CNc2ccc3c(c2)C(=O)NC3=O)c1. The molecule has 0 bridgehead atoms. The van der Waals surface area contributed by atoms with Crippen LogP contribution in [0.3, 0.4) is 0 Å². The van der Waals surface area contributed by atoms with Gasteiger partial charge in [-0.1, -0.05) is 6.92 Å². The number of rotatable bonds is 5. The molecule has 0 radical (unpaired) electrons. The van der Waals surface area contributed by atoms with Crippen molar-refractivity contribution < 1.29 is 9.59 Å². The molecule has 3 rings (SSSR count). The van der Waals surface area contributed by atoms with Crippen LogP contribution >= 0.6 is 0 Å². The second kappa shape index (κ2) is 5.44. The molecule has 2 aromatic rings. The van der Waals surface area contributed by atoms with E-state index in [0.29, 0.717) is 17.7 Å². The Morgan fingerprint density at radius 2 is 1.95 bits per heavy atom. The summed E-state index contributed by atoms with van der Waals surface area (Å²) >= 11 is 0. The van der Waals surface area contributed by atoms with Crippen LogP contribution in [0.15, 0.2) is 36.7 Å². The fourth-order valence-corrected chi connectivity index (χ4v) is 2.47. The lowest BCUT2D eigenvalue weighted by atomic mass is 10.1. The van der Waals surface area contributed by atoms with Crippen LogP contribution in [0.5, 0.6) is 0 Å². The third-order valence-electron chi connectivity index (χ3n) is 3.53. The van der Waals surface area contributed by atoms with Gasteiger partial charge in [-0.25, -0.2) is 0 Å². The molecule has 2 heterocycles. The van der Waals surface area contributed by atoms with Gasteiger partial charge in [0.15, 0.2) is 0 Å². The van der Waals surface area contributed by atoms with Crippen LogP contribution in [-0.2, 0) is 13.1 Å². The fraction of sp³-hybridized carbons (Fsp3) is 0.250. The monoisotopic (exact) mass is 283 g/mol. The van der Waals surface area contributed by atoms with Crippen molar-refractivity contribution in [2.45, 2.75) is 26.4 Å². The van der Waals surface area contributed by atoms with Crippen molar-refractivity contribution in [1.82, 2.24) is 9.88 Å². The van der Waals surface area contributed by atoms with E-state index in [0.717, 1.165) is 18.7 Å². The molecule has 0 saturated carbocycles. The Bertz CT molecular complexity index is 703. The first-order valence-corrected chi connectivity index (χ1v) is 7.05. The number of hydrogen-bond acceptors (Lipinski definition) is 3. The lowest BCUT2D eigenvalue weighted by molar-refractivity contribution is 0.0879. The van der Waals surface area contributed by atoms with Gasteiger partial charge in [0.1, 0.15) is 0 Å². The highest BCUT2D eigenvalue weighted by molar-refractivity contribution is 6.21. The second-order valence-corrected chi connectivity index (χ2v) is 5.15. The summed E-state index contributed by atoms with van der Waals surface area (Å²) in [4.78, 5) is 23.1. The van der Waals surface area contributed by atoms with E-state index in [2.05, 4.69) is 40.6 Å². The van der Waals surface area contributed by atoms with Gasteiger partial charge < -0.3 is 9.88 Å². The number of benzene rings is 1. The van der Waals surface area contributed by atoms with Crippen LogP contribution in [0.2, 0.25) is 0 Å². The Balaban J connectivity index is 1.69. The molecular weight excluding hydrogens is 266 g/mol. The predicted molar refractivity (Wildman–Crippen MR) is 80.3 cm³/mol. The number of imide groups is 1. The fourth-order valence-electron chi connectivity index (χ4n) is 2.47. The van der Waals surface area contributed by atoms with E-state index in [1.165, 1.54) is 5.56 Å². The van der Waals surface area contributed by atoms with Crippen molar-refractivity contribution in [3.05, 3.63) is 53.3 Å². The van der Waals surface area contributed by atoms with Gasteiger partial charge in [-0.15, -0.1) is 0 Å². The molecule has 21 heavy (non-hydrogen) atoms. The van der Waals surface area contributed by atoms with E-state index in [1.54, 1.807) is 12.1 Å². The Morgan fingerprint density at radius 1 is 1.14 bits per heavy atom. The first-order chi connectivity index (χ1) is 10.2. The number of hydrogen-bond donors (Lipinski definition) is 2. The van der Waals surface area contributed by atoms with Crippen molar-refractivity contribution in [2.75, 3.05) is 5.32 Å². The number of nitrogens with zero attached hydrogens (tertiary/aromatic N) is 1. The summed E-state index contributed by atoms with van der Waals surface area (Å²) in [6.07, 6.45) is 5.28. The molecular formula is C16H17N3O2. The molecule has 5 nitrogen and oxygen atoms in total. The maximum absolute atomic E-state index is 11.6. The number of carbonyl (C=O) groups excluding carboxylic acids is 2. The predicted octanol–water partition coefficient (Wildman–Crippen LogP) is 2.39. The van der Waals surface area contributed by atoms with Gasteiger partial charge >= 0.3 is 0 Å². The van der Waals surface area contributed by atoms with Gasteiger partial charge in [-0.05, 0) is 36.2 Å². The minimum atomic E-state index is -0.326. The van der Waals surface area contributed by atoms with Crippen LogP contribution in [0.1, 0.15) is 39.6 Å². The molecule has 1 aliphatic heterocycles. The molecule has 1 aromatic heterocycles. The van der Waals surface area contributed by atoms with Gasteiger partial charge in [0.25, 0.3) is 11.8 Å². The Kier molecular flexibility index (Phi) is 3.48. The highest BCUT2D eigenvalue weighted by Gasteiger charge is 2.26. The lowest BCUT2D eigenvalue weighted by Gasteiger charge is -2.06. The normalized spacial score (nSPS) is 13.2. The molecule has 1 aliphatic rings. The molecule has 5 heteroatoms. The summed E-state index contributed by atoms with van der Waals surface area (Å²) < 4.78 is 2.16. The second-order valence-electron chi connectivity index (χ2n) is 5.15. The lowest BCUT2D eigenvalue weighted by Crippen LogP contribution is -2.19. The summed E-state index contributed by atoms with van der Waals surface area (Å²) in [7, 11) is 0. The number of fused-ring (bicyclic) bond motifs is 1. The Labute approximate surface area is 123 Å². The molecule has 2 amide bonds. The largest absolute Gasteiger partial charge is 0.381 e. The number of aryl methyl sites for hydroxylation is 1. The molecule has 0 aliphatic carbocycles. The zero-order valence-electron chi connectivity index (χ0n) is 11.8. The first kappa shape index (κ1) is 13.4. The van der Waals surface area contributed by atoms with Crippen molar-refractivity contribution in [2.24, 2.45) is 0 Å². The van der Waals surface area contributed by atoms with Crippen LogP contribution in [0, 0.1) is 0 Å². The number of nitrogens with one attached hydrogen (secondary N) is 2. The van der Waals surface area contributed by atoms with Crippen molar-refractivity contribution in [3.63, 3.8) is 0 Å². The molecule has 0 unspecified atom stereocenters. The van der Waals surface area contributed by atoms with E-state index in [1.807, 2.05) is 6.07 Å². The van der Waals surface area contributed by atoms with E-state index >= 15 is 0 Å². The molecule has 0 atom stereocenters. The van der Waals surface area contributed by atoms with Crippen molar-refractivity contribution in [1.29, 1.82) is 0 Å². The van der Waals surface area contributed by atoms with Gasteiger partial charge in [0.05, 0.1) is 11.1 Å². The Morgan fingerprint density at radius 3 is 2.76 bits per heavy atom. The molecule has 1 aromatic carbocycles. The number of carbonyl (C=O) groups is 2. The zero-order valence-corrected chi connectivity index (χ0v) is 11.8. The smallest absolute Gasteiger partial charge is 0.259 e. The van der Waals surface area contributed by atoms with Crippen molar-refractivity contribution in [3.8, 4) is 0 Å². The van der Waals surface area contributed by atoms with Gasteiger partial charge in [0.2, 0.25) is 0 Å². The van der Waals surface area contributed by atoms with Crippen LogP contribution < -0.4 is 10.6 Å². The third-order valence-corrected chi connectivity index (χ3v) is 3.53. The minimum Gasteiger partial charge on any atom is -0.381 e. The number of anilines is 1. The van der Waals surface area contributed by atoms with Crippen LogP contribution in [0.4, 0.5) is 5.69 Å². The molecule has 0 saturated heterocycles. The molecule has 108 valence electrons. The first-order valence-electron chi connectivity index (χ1n) is 7.05. The van der Waals surface area contributed by atoms with E-state index in [4.69, 9.17) is 0 Å².